The zero-order valence-corrected chi connectivity index (χ0v) is 14.1. The van der Waals surface area contributed by atoms with E-state index in [-0.39, 0.29) is 42.0 Å². The van der Waals surface area contributed by atoms with Crippen LogP contribution in [0, 0.1) is 35.5 Å². The third-order valence-electron chi connectivity index (χ3n) is 6.20. The Morgan fingerprint density at radius 2 is 1.68 bits per heavy atom. The number of para-hydroxylation sites is 1. The molecule has 128 valence electrons. The Balaban J connectivity index is 1.34. The smallest absolute Gasteiger partial charge is 0.244 e. The van der Waals surface area contributed by atoms with Gasteiger partial charge in [0.1, 0.15) is 6.54 Å². The molecular weight excluding hydrogens is 340 g/mol. The maximum atomic E-state index is 12.8. The van der Waals surface area contributed by atoms with Gasteiger partial charge in [-0.3, -0.25) is 19.3 Å². The lowest BCUT2D eigenvalue weighted by molar-refractivity contribution is -0.142. The van der Waals surface area contributed by atoms with E-state index in [0.717, 1.165) is 11.3 Å². The molecule has 0 spiro atoms. The van der Waals surface area contributed by atoms with Gasteiger partial charge in [-0.25, -0.2) is 0 Å². The number of benzene rings is 1. The standard InChI is InChI=1S/C19H17ClN2O3/c20-13-3-1-2-4-14(13)21-15(23)8-22-18(24)16-9-5-6-10(12-7-11(9)12)17(16)19(22)25/h1-6,9-12,16-17H,7-8H2,(H,21,23)/t9-,10-,11-,12+,16+,17+/m0/s1. The highest BCUT2D eigenvalue weighted by Crippen LogP contribution is 2.65. The lowest BCUT2D eigenvalue weighted by Crippen LogP contribution is -2.40. The van der Waals surface area contributed by atoms with Crippen LogP contribution in [0.3, 0.4) is 0 Å². The topological polar surface area (TPSA) is 66.5 Å². The number of likely N-dealkylation sites (tertiary alicyclic amines) is 1. The second kappa shape index (κ2) is 5.18. The summed E-state index contributed by atoms with van der Waals surface area (Å²) in [4.78, 5) is 39.1. The number of hydrogen-bond acceptors (Lipinski definition) is 3. The van der Waals surface area contributed by atoms with Crippen molar-refractivity contribution < 1.29 is 14.4 Å². The molecule has 5 nitrogen and oxygen atoms in total. The monoisotopic (exact) mass is 356 g/mol. The van der Waals surface area contributed by atoms with E-state index >= 15 is 0 Å². The molecule has 5 aliphatic rings. The van der Waals surface area contributed by atoms with Gasteiger partial charge in [0.2, 0.25) is 17.7 Å². The molecule has 3 fully saturated rings. The Kier molecular flexibility index (Phi) is 3.14. The summed E-state index contributed by atoms with van der Waals surface area (Å²) in [6.07, 6.45) is 5.37. The van der Waals surface area contributed by atoms with E-state index in [1.807, 2.05) is 0 Å². The van der Waals surface area contributed by atoms with Crippen LogP contribution < -0.4 is 5.32 Å². The summed E-state index contributed by atoms with van der Waals surface area (Å²) in [6.45, 7) is -0.245. The van der Waals surface area contributed by atoms with Crippen molar-refractivity contribution >= 4 is 35.0 Å². The van der Waals surface area contributed by atoms with Gasteiger partial charge in [0.25, 0.3) is 0 Å². The summed E-state index contributed by atoms with van der Waals surface area (Å²) in [5.41, 5.74) is 0.480. The van der Waals surface area contributed by atoms with Gasteiger partial charge in [-0.15, -0.1) is 0 Å². The molecule has 6 rings (SSSR count). The number of imide groups is 1. The molecule has 1 aliphatic heterocycles. The first-order valence-electron chi connectivity index (χ1n) is 8.64. The van der Waals surface area contributed by atoms with E-state index in [2.05, 4.69) is 17.5 Å². The predicted molar refractivity (Wildman–Crippen MR) is 91.5 cm³/mol. The maximum Gasteiger partial charge on any atom is 0.244 e. The molecule has 6 heteroatoms. The van der Waals surface area contributed by atoms with Crippen molar-refractivity contribution in [1.82, 2.24) is 4.90 Å². The maximum absolute atomic E-state index is 12.8. The highest BCUT2D eigenvalue weighted by molar-refractivity contribution is 6.33. The van der Waals surface area contributed by atoms with E-state index < -0.39 is 5.91 Å². The molecule has 0 unspecified atom stereocenters. The fourth-order valence-corrected chi connectivity index (χ4v) is 5.25. The van der Waals surface area contributed by atoms with Gasteiger partial charge >= 0.3 is 0 Å². The number of hydrogen-bond donors (Lipinski definition) is 1. The minimum atomic E-state index is -0.404. The fraction of sp³-hybridized carbons (Fsp3) is 0.421. The summed E-state index contributed by atoms with van der Waals surface area (Å²) < 4.78 is 0. The molecule has 1 saturated heterocycles. The van der Waals surface area contributed by atoms with Crippen LogP contribution in [0.15, 0.2) is 36.4 Å². The van der Waals surface area contributed by atoms with E-state index in [1.54, 1.807) is 24.3 Å². The van der Waals surface area contributed by atoms with Crippen LogP contribution in [-0.2, 0) is 14.4 Å². The van der Waals surface area contributed by atoms with Crippen molar-refractivity contribution in [3.8, 4) is 0 Å². The Morgan fingerprint density at radius 3 is 2.28 bits per heavy atom. The Hall–Kier alpha value is -2.14. The van der Waals surface area contributed by atoms with Crippen LogP contribution in [0.25, 0.3) is 0 Å². The highest BCUT2D eigenvalue weighted by atomic mass is 35.5. The molecule has 1 aromatic carbocycles. The SMILES string of the molecule is O=C(CN1C(=O)[C@@H]2[C@H]3C=C[C@@H]([C@@H]4C[C@H]34)[C@H]2C1=O)Nc1ccccc1Cl. The lowest BCUT2D eigenvalue weighted by Gasteiger charge is -2.37. The van der Waals surface area contributed by atoms with E-state index in [9.17, 15) is 14.4 Å². The van der Waals surface area contributed by atoms with E-state index in [0.29, 0.717) is 22.5 Å². The van der Waals surface area contributed by atoms with Crippen molar-refractivity contribution in [3.63, 3.8) is 0 Å². The lowest BCUT2D eigenvalue weighted by atomic mass is 9.63. The molecule has 0 radical (unpaired) electrons. The molecule has 3 amide bonds. The van der Waals surface area contributed by atoms with Gasteiger partial charge in [0.15, 0.2) is 0 Å². The summed E-state index contributed by atoms with van der Waals surface area (Å²) >= 11 is 6.04. The molecule has 0 aromatic heterocycles. The zero-order valence-electron chi connectivity index (χ0n) is 13.4. The van der Waals surface area contributed by atoms with Gasteiger partial charge in [-0.1, -0.05) is 35.9 Å². The van der Waals surface area contributed by atoms with Gasteiger partial charge in [-0.2, -0.15) is 0 Å². The van der Waals surface area contributed by atoms with Gasteiger partial charge < -0.3 is 5.32 Å². The first-order valence-corrected chi connectivity index (χ1v) is 9.02. The molecule has 4 aliphatic carbocycles. The highest BCUT2D eigenvalue weighted by Gasteiger charge is 2.67. The molecule has 1 aromatic rings. The molecule has 2 bridgehead atoms. The van der Waals surface area contributed by atoms with Crippen molar-refractivity contribution in [2.24, 2.45) is 35.5 Å². The summed E-state index contributed by atoms with van der Waals surface area (Å²) in [7, 11) is 0. The minimum Gasteiger partial charge on any atom is -0.323 e. The predicted octanol–water partition coefficient (Wildman–Crippen LogP) is 2.33. The van der Waals surface area contributed by atoms with Crippen LogP contribution in [-0.4, -0.2) is 29.2 Å². The van der Waals surface area contributed by atoms with Gasteiger partial charge in [0.05, 0.1) is 22.5 Å². The largest absolute Gasteiger partial charge is 0.323 e. The molecule has 1 heterocycles. The minimum absolute atomic E-state index is 0.174. The second-order valence-electron chi connectivity index (χ2n) is 7.45. The van der Waals surface area contributed by atoms with Gasteiger partial charge in [-0.05, 0) is 42.2 Å². The van der Waals surface area contributed by atoms with Crippen molar-refractivity contribution in [2.45, 2.75) is 6.42 Å². The van der Waals surface area contributed by atoms with Crippen molar-refractivity contribution in [3.05, 3.63) is 41.4 Å². The average Bonchev–Trinajstić information content (AvgIpc) is 3.38. The third-order valence-corrected chi connectivity index (χ3v) is 6.53. The van der Waals surface area contributed by atoms with E-state index in [1.165, 1.54) is 0 Å². The summed E-state index contributed by atoms with van der Waals surface area (Å²) in [5.74, 6) is 0.164. The molecular formula is C19H17ClN2O3. The molecule has 2 saturated carbocycles. The number of carbonyl (C=O) groups excluding carboxylic acids is 3. The van der Waals surface area contributed by atoms with Crippen LogP contribution in [0.2, 0.25) is 5.02 Å². The Bertz CT molecular complexity index is 800. The Morgan fingerprint density at radius 1 is 1.08 bits per heavy atom. The number of nitrogens with one attached hydrogen (secondary N) is 1. The van der Waals surface area contributed by atoms with Crippen molar-refractivity contribution in [1.29, 1.82) is 0 Å². The van der Waals surface area contributed by atoms with Crippen LogP contribution in [0.1, 0.15) is 6.42 Å². The number of rotatable bonds is 3. The number of halogens is 1. The Labute approximate surface area is 150 Å². The normalized spacial score (nSPS) is 37.1. The summed E-state index contributed by atoms with van der Waals surface area (Å²) in [5, 5.41) is 3.10. The van der Waals surface area contributed by atoms with Gasteiger partial charge in [0, 0.05) is 0 Å². The number of allylic oxidation sites excluding steroid dienone is 2. The molecule has 1 N–H and O–H groups in total. The number of nitrogens with zero attached hydrogens (tertiary/aromatic N) is 1. The molecule has 6 atom stereocenters. The van der Waals surface area contributed by atoms with Crippen molar-refractivity contribution in [2.75, 3.05) is 11.9 Å². The second-order valence-corrected chi connectivity index (χ2v) is 7.85. The molecule has 25 heavy (non-hydrogen) atoms. The first-order chi connectivity index (χ1) is 12.1. The quantitative estimate of drug-likeness (QED) is 0.667. The van der Waals surface area contributed by atoms with Crippen LogP contribution >= 0.6 is 11.6 Å². The number of amides is 3. The number of anilines is 1. The average molecular weight is 357 g/mol. The number of carbonyl (C=O) groups is 3. The first kappa shape index (κ1) is 15.1. The van der Waals surface area contributed by atoms with Crippen LogP contribution in [0.4, 0.5) is 5.69 Å². The van der Waals surface area contributed by atoms with E-state index in [4.69, 9.17) is 11.6 Å². The summed E-state index contributed by atoms with van der Waals surface area (Å²) in [6, 6.07) is 6.89. The fourth-order valence-electron chi connectivity index (χ4n) is 5.07. The third kappa shape index (κ3) is 2.11. The zero-order chi connectivity index (χ0) is 17.3. The van der Waals surface area contributed by atoms with Crippen LogP contribution in [0.5, 0.6) is 0 Å².